The first kappa shape index (κ1) is 33.8. The molecule has 0 saturated carbocycles. The lowest BCUT2D eigenvalue weighted by Gasteiger charge is -2.33. The monoisotopic (exact) mass is 649 g/mol. The molecule has 3 aromatic rings. The van der Waals surface area contributed by atoms with E-state index >= 15 is 0 Å². The number of ether oxygens (including phenoxy) is 2. The van der Waals surface area contributed by atoms with Crippen molar-refractivity contribution < 1.29 is 36.6 Å². The molecule has 0 radical (unpaired) electrons. The Hall–Kier alpha value is -4.09. The number of fused-ring (bicyclic) bond motifs is 1. The summed E-state index contributed by atoms with van der Waals surface area (Å²) in [6.45, 7) is 5.64. The minimum Gasteiger partial charge on any atom is -0.494 e. The van der Waals surface area contributed by atoms with Gasteiger partial charge in [-0.15, -0.1) is 11.3 Å². The molecule has 14 heteroatoms. The lowest BCUT2D eigenvalue weighted by molar-refractivity contribution is -0.126. The van der Waals surface area contributed by atoms with Crippen LogP contribution in [0.3, 0.4) is 0 Å². The van der Waals surface area contributed by atoms with Crippen molar-refractivity contribution >= 4 is 44.8 Å². The number of rotatable bonds is 7. The predicted octanol–water partition coefficient (Wildman–Crippen LogP) is 5.76. The van der Waals surface area contributed by atoms with E-state index in [1.165, 1.54) is 19.4 Å². The van der Waals surface area contributed by atoms with Crippen LogP contribution < -0.4 is 20.7 Å². The van der Waals surface area contributed by atoms with Crippen molar-refractivity contribution in [2.24, 2.45) is 5.73 Å². The summed E-state index contributed by atoms with van der Waals surface area (Å²) in [5.74, 6) is 4.92. The zero-order chi connectivity index (χ0) is 33.1. The van der Waals surface area contributed by atoms with Crippen LogP contribution in [-0.2, 0) is 11.2 Å². The van der Waals surface area contributed by atoms with E-state index in [-0.39, 0.29) is 40.7 Å². The molecule has 242 valence electrons. The number of carbonyl (C=O) groups is 2. The quantitative estimate of drug-likeness (QED) is 0.248. The summed E-state index contributed by atoms with van der Waals surface area (Å²) in [6, 6.07) is 5.72. The highest BCUT2D eigenvalue weighted by atomic mass is 32.1. The number of hydrogen-bond acceptors (Lipinski definition) is 8. The number of primary amides is 1. The van der Waals surface area contributed by atoms with Crippen LogP contribution in [0.15, 0.2) is 30.5 Å². The highest BCUT2D eigenvalue weighted by molar-refractivity contribution is 7.20. The number of nitrogens with zero attached hydrogens (tertiary/aromatic N) is 3. The first-order valence-electron chi connectivity index (χ1n) is 14.1. The van der Waals surface area contributed by atoms with Crippen LogP contribution in [0.2, 0.25) is 0 Å². The number of nitrogens with two attached hydrogens (primary N) is 1. The van der Waals surface area contributed by atoms with Crippen LogP contribution in [0.25, 0.3) is 10.1 Å². The second-order valence-corrected chi connectivity index (χ2v) is 12.7. The van der Waals surface area contributed by atoms with Crippen LogP contribution in [0.5, 0.6) is 5.75 Å². The molecular formula is C31H35F4N5O4S. The normalized spacial score (nSPS) is 17.4. The number of carbonyl (C=O) groups excluding carboxylic acids is 2. The fourth-order valence-corrected chi connectivity index (χ4v) is 6.05. The van der Waals surface area contributed by atoms with Gasteiger partial charge in [0.05, 0.1) is 47.6 Å². The van der Waals surface area contributed by atoms with Crippen LogP contribution in [0, 0.1) is 11.8 Å². The molecule has 1 fully saturated rings. The minimum absolute atomic E-state index is 0.00676. The van der Waals surface area contributed by atoms with Gasteiger partial charge in [-0.25, -0.2) is 14.2 Å². The number of likely N-dealkylation sites (tertiary alicyclic amines) is 1. The smallest absolute Gasteiger partial charge is 0.415 e. The number of aromatic nitrogens is 1. The summed E-state index contributed by atoms with van der Waals surface area (Å²) in [5.41, 5.74) is 4.98. The van der Waals surface area contributed by atoms with Gasteiger partial charge in [-0.1, -0.05) is 24.0 Å². The number of halogens is 4. The van der Waals surface area contributed by atoms with E-state index < -0.39 is 42.4 Å². The molecule has 2 aromatic heterocycles. The lowest BCUT2D eigenvalue weighted by atomic mass is 10.0. The van der Waals surface area contributed by atoms with Crippen LogP contribution in [0.1, 0.15) is 48.1 Å². The van der Waals surface area contributed by atoms with Gasteiger partial charge >= 0.3 is 12.3 Å². The topological polar surface area (TPSA) is 110 Å². The molecule has 1 aliphatic rings. The number of alkyl halides is 4. The SMILES string of the molecule is COc1cc(C(N)=O)ncc1N(CC#Cc1sc2c(NC3CCN(C)CC3F)cccc2c1CC(F)(F)F)C(=O)OC(C)(C)C. The Kier molecular flexibility index (Phi) is 10.1. The Balaban J connectivity index is 1.74. The number of benzene rings is 1. The number of pyridine rings is 1. The van der Waals surface area contributed by atoms with Crippen LogP contribution in [0.4, 0.5) is 33.7 Å². The first-order chi connectivity index (χ1) is 21.1. The third kappa shape index (κ3) is 8.55. The van der Waals surface area contributed by atoms with E-state index in [0.717, 1.165) is 16.2 Å². The van der Waals surface area contributed by atoms with Gasteiger partial charge in [-0.05, 0) is 51.3 Å². The number of amides is 2. The molecule has 1 aliphatic heterocycles. The summed E-state index contributed by atoms with van der Waals surface area (Å²) >= 11 is 1.07. The van der Waals surface area contributed by atoms with E-state index in [1.807, 2.05) is 11.9 Å². The van der Waals surface area contributed by atoms with E-state index in [9.17, 15) is 27.2 Å². The average molecular weight is 650 g/mol. The van der Waals surface area contributed by atoms with Crippen molar-refractivity contribution in [1.82, 2.24) is 9.88 Å². The van der Waals surface area contributed by atoms with E-state index in [1.54, 1.807) is 39.0 Å². The number of methoxy groups -OCH3 is 1. The number of hydrogen-bond donors (Lipinski definition) is 2. The van der Waals surface area contributed by atoms with Gasteiger partial charge in [0, 0.05) is 19.2 Å². The summed E-state index contributed by atoms with van der Waals surface area (Å²) in [5, 5.41) is 3.58. The third-order valence-electron chi connectivity index (χ3n) is 6.94. The number of nitrogens with one attached hydrogen (secondary N) is 1. The van der Waals surface area contributed by atoms with Gasteiger partial charge in [0.25, 0.3) is 5.91 Å². The lowest BCUT2D eigenvalue weighted by Crippen LogP contribution is -2.46. The summed E-state index contributed by atoms with van der Waals surface area (Å²) in [6.07, 6.45) is -5.95. The second kappa shape index (κ2) is 13.5. The van der Waals surface area contributed by atoms with E-state index in [0.29, 0.717) is 28.7 Å². The van der Waals surface area contributed by atoms with Gasteiger partial charge in [0.1, 0.15) is 28.9 Å². The van der Waals surface area contributed by atoms with Crippen molar-refractivity contribution in [3.05, 3.63) is 46.6 Å². The van der Waals surface area contributed by atoms with Gasteiger partial charge in [-0.2, -0.15) is 13.2 Å². The number of piperidine rings is 1. The van der Waals surface area contributed by atoms with Crippen molar-refractivity contribution in [2.45, 2.75) is 57.6 Å². The molecule has 0 bridgehead atoms. The van der Waals surface area contributed by atoms with Gasteiger partial charge < -0.3 is 25.4 Å². The summed E-state index contributed by atoms with van der Waals surface area (Å²) < 4.78 is 67.5. The van der Waals surface area contributed by atoms with Crippen LogP contribution in [-0.4, -0.2) is 79.7 Å². The van der Waals surface area contributed by atoms with E-state index in [4.69, 9.17) is 15.2 Å². The predicted molar refractivity (Wildman–Crippen MR) is 166 cm³/mol. The Labute approximate surface area is 262 Å². The van der Waals surface area contributed by atoms with Crippen molar-refractivity contribution in [3.8, 4) is 17.6 Å². The second-order valence-electron chi connectivity index (χ2n) is 11.7. The molecule has 1 saturated heterocycles. The Morgan fingerprint density at radius 3 is 2.62 bits per heavy atom. The van der Waals surface area contributed by atoms with Gasteiger partial charge in [0.15, 0.2) is 0 Å². The van der Waals surface area contributed by atoms with Crippen molar-refractivity contribution in [3.63, 3.8) is 0 Å². The largest absolute Gasteiger partial charge is 0.494 e. The van der Waals surface area contributed by atoms with Crippen LogP contribution >= 0.6 is 11.3 Å². The molecule has 2 unspecified atom stereocenters. The molecule has 0 aliphatic carbocycles. The maximum Gasteiger partial charge on any atom is 0.415 e. The number of anilines is 2. The highest BCUT2D eigenvalue weighted by Crippen LogP contribution is 2.39. The Morgan fingerprint density at radius 2 is 2.00 bits per heavy atom. The van der Waals surface area contributed by atoms with Gasteiger partial charge in [-0.3, -0.25) is 9.69 Å². The molecule has 3 N–H and O–H groups in total. The minimum atomic E-state index is -4.52. The first-order valence-corrected chi connectivity index (χ1v) is 14.9. The molecule has 45 heavy (non-hydrogen) atoms. The van der Waals surface area contributed by atoms with Gasteiger partial charge in [0.2, 0.25) is 0 Å². The molecule has 4 rings (SSSR count). The fourth-order valence-electron chi connectivity index (χ4n) is 4.87. The van der Waals surface area contributed by atoms with Crippen molar-refractivity contribution in [1.29, 1.82) is 0 Å². The van der Waals surface area contributed by atoms with Crippen molar-refractivity contribution in [2.75, 3.05) is 44.0 Å². The standard InChI is InChI=1S/C31H35F4N5O4S/c1-30(2,3)44-29(42)40(24-16-37-23(28(36)41)14-25(24)43-5)12-7-10-26-19(15-31(33,34)35)18-8-6-9-22(27(18)45-26)38-21-11-13-39(4)17-20(21)32/h6,8-9,14,16,20-21,38H,11-13,15,17H2,1-5H3,(H2,36,41). The molecule has 2 amide bonds. The Bertz CT molecular complexity index is 1630. The highest BCUT2D eigenvalue weighted by Gasteiger charge is 2.32. The fraction of sp³-hybridized carbons (Fsp3) is 0.452. The molecule has 2 atom stereocenters. The summed E-state index contributed by atoms with van der Waals surface area (Å²) in [4.78, 5) is 32.0. The molecule has 3 heterocycles. The molecular weight excluding hydrogens is 614 g/mol. The third-order valence-corrected chi connectivity index (χ3v) is 8.14. The Morgan fingerprint density at radius 1 is 1.27 bits per heavy atom. The zero-order valence-corrected chi connectivity index (χ0v) is 26.4. The molecule has 9 nitrogen and oxygen atoms in total. The average Bonchev–Trinajstić information content (AvgIpc) is 3.27. The van der Waals surface area contributed by atoms with E-state index in [2.05, 4.69) is 22.1 Å². The number of thiophene rings is 1. The zero-order valence-electron chi connectivity index (χ0n) is 25.5. The summed E-state index contributed by atoms with van der Waals surface area (Å²) in [7, 11) is 3.16. The molecule has 1 aromatic carbocycles. The maximum atomic E-state index is 14.8. The molecule has 0 spiro atoms. The maximum absolute atomic E-state index is 14.8.